The lowest BCUT2D eigenvalue weighted by Gasteiger charge is -2.35. The molecule has 17 heavy (non-hydrogen) atoms. The van der Waals surface area contributed by atoms with E-state index in [1.54, 1.807) is 0 Å². The van der Waals surface area contributed by atoms with Crippen LogP contribution in [0.4, 0.5) is 0 Å². The van der Waals surface area contributed by atoms with Crippen LogP contribution in [-0.4, -0.2) is 49.1 Å². The number of carbonyl (C=O) groups is 2. The van der Waals surface area contributed by atoms with Crippen molar-refractivity contribution < 1.29 is 14.3 Å². The van der Waals surface area contributed by atoms with Gasteiger partial charge in [-0.15, -0.1) is 0 Å². The monoisotopic (exact) mass is 243 g/mol. The largest absolute Gasteiger partial charge is 0.377 e. The maximum atomic E-state index is 12.1. The predicted molar refractivity (Wildman–Crippen MR) is 63.0 cm³/mol. The first-order valence-electron chi connectivity index (χ1n) is 5.95. The average molecular weight is 243 g/mol. The number of morpholine rings is 1. The zero-order valence-electron chi connectivity index (χ0n) is 10.2. The molecule has 1 aliphatic heterocycles. The number of carbonyl (C=O) groups excluding carboxylic acids is 2. The summed E-state index contributed by atoms with van der Waals surface area (Å²) < 4.78 is 5.17. The molecule has 1 heterocycles. The number of nitrogens with zero attached hydrogens (tertiary/aromatic N) is 1. The van der Waals surface area contributed by atoms with Gasteiger partial charge >= 0.3 is 0 Å². The van der Waals surface area contributed by atoms with Crippen molar-refractivity contribution in [3.63, 3.8) is 0 Å². The summed E-state index contributed by atoms with van der Waals surface area (Å²) in [6.07, 6.45) is 1.54. The van der Waals surface area contributed by atoms with Gasteiger partial charge in [-0.05, 0) is 19.4 Å². The van der Waals surface area contributed by atoms with E-state index in [1.165, 1.54) is 4.90 Å². The van der Waals surface area contributed by atoms with E-state index in [-0.39, 0.29) is 18.4 Å². The molecule has 1 fully saturated rings. The third kappa shape index (κ3) is 3.67. The van der Waals surface area contributed by atoms with E-state index in [0.29, 0.717) is 19.7 Å². The van der Waals surface area contributed by atoms with Crippen LogP contribution < -0.4 is 11.5 Å². The normalized spacial score (nSPS) is 22.2. The van der Waals surface area contributed by atoms with E-state index in [2.05, 4.69) is 0 Å². The van der Waals surface area contributed by atoms with Gasteiger partial charge in [0.05, 0.1) is 13.2 Å². The lowest BCUT2D eigenvalue weighted by Crippen LogP contribution is -2.56. The summed E-state index contributed by atoms with van der Waals surface area (Å²) in [7, 11) is 0. The Hall–Kier alpha value is -1.14. The summed E-state index contributed by atoms with van der Waals surface area (Å²) in [5.41, 5.74) is 10.7. The SMILES string of the molecule is CC(CCCN)C(=O)N1CCOCC1C(N)=O. The third-order valence-corrected chi connectivity index (χ3v) is 3.00. The van der Waals surface area contributed by atoms with Gasteiger partial charge in [-0.2, -0.15) is 0 Å². The van der Waals surface area contributed by atoms with Gasteiger partial charge < -0.3 is 21.1 Å². The standard InChI is InChI=1S/C11H21N3O3/c1-8(3-2-4-12)11(16)14-5-6-17-7-9(14)10(13)15/h8-9H,2-7,12H2,1H3,(H2,13,15). The van der Waals surface area contributed by atoms with E-state index < -0.39 is 11.9 Å². The van der Waals surface area contributed by atoms with Crippen molar-refractivity contribution in [3.05, 3.63) is 0 Å². The average Bonchev–Trinajstić information content (AvgIpc) is 2.34. The van der Waals surface area contributed by atoms with Crippen molar-refractivity contribution in [2.75, 3.05) is 26.3 Å². The van der Waals surface area contributed by atoms with E-state index >= 15 is 0 Å². The Balaban J connectivity index is 2.61. The molecule has 0 aliphatic carbocycles. The minimum absolute atomic E-state index is 0.0365. The lowest BCUT2D eigenvalue weighted by atomic mass is 10.0. The van der Waals surface area contributed by atoms with Gasteiger partial charge in [0.2, 0.25) is 11.8 Å². The molecule has 2 unspecified atom stereocenters. The van der Waals surface area contributed by atoms with Gasteiger partial charge in [-0.1, -0.05) is 6.92 Å². The number of primary amides is 1. The van der Waals surface area contributed by atoms with Crippen molar-refractivity contribution in [1.82, 2.24) is 4.90 Å². The minimum atomic E-state index is -0.628. The number of rotatable bonds is 5. The summed E-state index contributed by atoms with van der Waals surface area (Å²) >= 11 is 0. The Bertz CT molecular complexity index is 283. The molecule has 1 rings (SSSR count). The summed E-state index contributed by atoms with van der Waals surface area (Å²) in [6, 6.07) is -0.628. The molecule has 0 bridgehead atoms. The maximum absolute atomic E-state index is 12.1. The van der Waals surface area contributed by atoms with E-state index in [0.717, 1.165) is 12.8 Å². The van der Waals surface area contributed by atoms with Crippen LogP contribution in [0.15, 0.2) is 0 Å². The topological polar surface area (TPSA) is 98.7 Å². The minimum Gasteiger partial charge on any atom is -0.377 e. The van der Waals surface area contributed by atoms with Gasteiger partial charge in [-0.25, -0.2) is 0 Å². The highest BCUT2D eigenvalue weighted by atomic mass is 16.5. The first-order chi connectivity index (χ1) is 8.07. The fourth-order valence-corrected chi connectivity index (χ4v) is 1.93. The second-order valence-corrected chi connectivity index (χ2v) is 4.36. The number of hydrogen-bond acceptors (Lipinski definition) is 4. The van der Waals surface area contributed by atoms with Crippen LogP contribution in [0.5, 0.6) is 0 Å². The number of amides is 2. The van der Waals surface area contributed by atoms with Gasteiger partial charge in [0.1, 0.15) is 6.04 Å². The van der Waals surface area contributed by atoms with Crippen molar-refractivity contribution in [2.45, 2.75) is 25.8 Å². The van der Waals surface area contributed by atoms with Crippen LogP contribution in [0, 0.1) is 5.92 Å². The van der Waals surface area contributed by atoms with Crippen LogP contribution in [0.2, 0.25) is 0 Å². The van der Waals surface area contributed by atoms with E-state index in [1.807, 2.05) is 6.92 Å². The Labute approximate surface area is 101 Å². The van der Waals surface area contributed by atoms with Crippen molar-refractivity contribution in [1.29, 1.82) is 0 Å². The van der Waals surface area contributed by atoms with Gasteiger partial charge in [0, 0.05) is 12.5 Å². The molecule has 98 valence electrons. The molecule has 6 nitrogen and oxygen atoms in total. The third-order valence-electron chi connectivity index (χ3n) is 3.00. The first kappa shape index (κ1) is 13.9. The molecule has 0 aromatic rings. The second kappa shape index (κ2) is 6.56. The fraction of sp³-hybridized carbons (Fsp3) is 0.818. The molecular weight excluding hydrogens is 222 g/mol. The molecule has 0 saturated carbocycles. The Morgan fingerprint density at radius 3 is 2.82 bits per heavy atom. The molecule has 1 saturated heterocycles. The van der Waals surface area contributed by atoms with Crippen molar-refractivity contribution >= 4 is 11.8 Å². The number of nitrogens with two attached hydrogens (primary N) is 2. The molecule has 2 amide bonds. The molecule has 6 heteroatoms. The quantitative estimate of drug-likeness (QED) is 0.652. The van der Waals surface area contributed by atoms with E-state index in [4.69, 9.17) is 16.2 Å². The lowest BCUT2D eigenvalue weighted by molar-refractivity contribution is -0.150. The second-order valence-electron chi connectivity index (χ2n) is 4.36. The zero-order valence-corrected chi connectivity index (χ0v) is 10.2. The number of ether oxygens (including phenoxy) is 1. The summed E-state index contributed by atoms with van der Waals surface area (Å²) in [6.45, 7) is 3.51. The maximum Gasteiger partial charge on any atom is 0.242 e. The highest BCUT2D eigenvalue weighted by molar-refractivity contribution is 5.87. The van der Waals surface area contributed by atoms with Gasteiger partial charge in [0.25, 0.3) is 0 Å². The van der Waals surface area contributed by atoms with Crippen LogP contribution in [0.3, 0.4) is 0 Å². The zero-order chi connectivity index (χ0) is 12.8. The van der Waals surface area contributed by atoms with Crippen LogP contribution in [0.25, 0.3) is 0 Å². The molecule has 1 aliphatic rings. The van der Waals surface area contributed by atoms with E-state index in [9.17, 15) is 9.59 Å². The Morgan fingerprint density at radius 2 is 2.24 bits per heavy atom. The smallest absolute Gasteiger partial charge is 0.242 e. The van der Waals surface area contributed by atoms with Gasteiger partial charge in [0.15, 0.2) is 0 Å². The molecule has 2 atom stereocenters. The highest BCUT2D eigenvalue weighted by Crippen LogP contribution is 2.14. The Morgan fingerprint density at radius 1 is 1.53 bits per heavy atom. The fourth-order valence-electron chi connectivity index (χ4n) is 1.93. The summed E-state index contributed by atoms with van der Waals surface area (Å²) in [5, 5.41) is 0. The molecule has 4 N–H and O–H groups in total. The Kier molecular flexibility index (Phi) is 5.37. The summed E-state index contributed by atoms with van der Waals surface area (Å²) in [4.78, 5) is 24.9. The highest BCUT2D eigenvalue weighted by Gasteiger charge is 2.33. The van der Waals surface area contributed by atoms with Crippen molar-refractivity contribution in [3.8, 4) is 0 Å². The van der Waals surface area contributed by atoms with Gasteiger partial charge in [-0.3, -0.25) is 9.59 Å². The van der Waals surface area contributed by atoms with Crippen molar-refractivity contribution in [2.24, 2.45) is 17.4 Å². The first-order valence-corrected chi connectivity index (χ1v) is 5.95. The molecule has 0 radical (unpaired) electrons. The summed E-state index contributed by atoms with van der Waals surface area (Å²) in [5.74, 6) is -0.673. The van der Waals surface area contributed by atoms with Crippen LogP contribution >= 0.6 is 0 Å². The molecule has 0 aromatic heterocycles. The molecule has 0 spiro atoms. The predicted octanol–water partition coefficient (Wildman–Crippen LogP) is -0.926. The number of hydrogen-bond donors (Lipinski definition) is 2. The molecular formula is C11H21N3O3. The van der Waals surface area contributed by atoms with Crippen LogP contribution in [0.1, 0.15) is 19.8 Å². The molecule has 0 aromatic carbocycles. The van der Waals surface area contributed by atoms with Crippen LogP contribution in [-0.2, 0) is 14.3 Å².